The summed E-state index contributed by atoms with van der Waals surface area (Å²) >= 11 is 0. The predicted octanol–water partition coefficient (Wildman–Crippen LogP) is 2.61. The fraction of sp³-hybridized carbons (Fsp3) is 0.900. The van der Waals surface area contributed by atoms with Gasteiger partial charge in [0.15, 0.2) is 5.96 Å². The number of hydrogen-bond acceptors (Lipinski definition) is 5. The van der Waals surface area contributed by atoms with Crippen molar-refractivity contribution in [3.63, 3.8) is 0 Å². The molecule has 170 valence electrons. The fourth-order valence-corrected chi connectivity index (χ4v) is 3.28. The zero-order chi connectivity index (χ0) is 20.4. The molecule has 0 bridgehead atoms. The Kier molecular flexibility index (Phi) is 12.2. The summed E-state index contributed by atoms with van der Waals surface area (Å²) in [5, 5.41) is 6.73. The van der Waals surface area contributed by atoms with Gasteiger partial charge in [-0.1, -0.05) is 0 Å². The maximum atomic E-state index is 12.1. The fourth-order valence-electron chi connectivity index (χ4n) is 3.28. The molecule has 2 aliphatic heterocycles. The third-order valence-corrected chi connectivity index (χ3v) is 4.90. The maximum absolute atomic E-state index is 12.1. The Morgan fingerprint density at radius 1 is 1.21 bits per heavy atom. The second-order valence-corrected chi connectivity index (χ2v) is 8.50. The van der Waals surface area contributed by atoms with Crippen LogP contribution in [0.25, 0.3) is 0 Å². The standard InChI is InChI=1S/C20H38N4O4.HI/c1-20(2,3)28-19(25)24-10-6-16(7-11-24)14-23-18(21-4)22-9-5-12-27-17-8-13-26-15-17;/h16-17H,5-15H2,1-4H3,(H2,21,22,23);1H. The van der Waals surface area contributed by atoms with Crippen molar-refractivity contribution in [1.29, 1.82) is 0 Å². The normalized spacial score (nSPS) is 20.9. The molecule has 2 fully saturated rings. The molecule has 2 rings (SSSR count). The average molecular weight is 526 g/mol. The van der Waals surface area contributed by atoms with Crippen LogP contribution in [0.3, 0.4) is 0 Å². The van der Waals surface area contributed by atoms with Gasteiger partial charge in [-0.2, -0.15) is 0 Å². The third-order valence-electron chi connectivity index (χ3n) is 4.90. The number of ether oxygens (including phenoxy) is 3. The topological polar surface area (TPSA) is 84.4 Å². The molecular formula is C20H39IN4O4. The van der Waals surface area contributed by atoms with Crippen LogP contribution in [-0.4, -0.2) is 81.7 Å². The van der Waals surface area contributed by atoms with Crippen molar-refractivity contribution in [3.05, 3.63) is 0 Å². The van der Waals surface area contributed by atoms with E-state index in [4.69, 9.17) is 14.2 Å². The van der Waals surface area contributed by atoms with Gasteiger partial charge in [0.1, 0.15) is 5.60 Å². The van der Waals surface area contributed by atoms with E-state index >= 15 is 0 Å². The largest absolute Gasteiger partial charge is 0.444 e. The minimum absolute atomic E-state index is 0. The van der Waals surface area contributed by atoms with Gasteiger partial charge in [-0.15, -0.1) is 24.0 Å². The van der Waals surface area contributed by atoms with Crippen molar-refractivity contribution < 1.29 is 19.0 Å². The van der Waals surface area contributed by atoms with Gasteiger partial charge in [0.2, 0.25) is 0 Å². The smallest absolute Gasteiger partial charge is 0.410 e. The number of rotatable bonds is 7. The van der Waals surface area contributed by atoms with E-state index in [0.29, 0.717) is 5.92 Å². The molecule has 0 saturated carbocycles. The lowest BCUT2D eigenvalue weighted by molar-refractivity contribution is 0.0185. The van der Waals surface area contributed by atoms with Crippen molar-refractivity contribution in [2.75, 3.05) is 53.0 Å². The number of carbonyl (C=O) groups is 1. The monoisotopic (exact) mass is 526 g/mol. The number of halogens is 1. The minimum atomic E-state index is -0.441. The van der Waals surface area contributed by atoms with E-state index in [0.717, 1.165) is 77.6 Å². The first kappa shape index (κ1) is 26.2. The van der Waals surface area contributed by atoms with Gasteiger partial charge in [-0.3, -0.25) is 4.99 Å². The van der Waals surface area contributed by atoms with Crippen molar-refractivity contribution in [1.82, 2.24) is 15.5 Å². The maximum Gasteiger partial charge on any atom is 0.410 e. The summed E-state index contributed by atoms with van der Waals surface area (Å²) in [7, 11) is 1.78. The highest BCUT2D eigenvalue weighted by molar-refractivity contribution is 14.0. The zero-order valence-electron chi connectivity index (χ0n) is 18.4. The molecular weight excluding hydrogens is 487 g/mol. The van der Waals surface area contributed by atoms with Crippen LogP contribution < -0.4 is 10.6 Å². The molecule has 2 aliphatic rings. The predicted molar refractivity (Wildman–Crippen MR) is 125 cm³/mol. The van der Waals surface area contributed by atoms with Crippen LogP contribution >= 0.6 is 24.0 Å². The Morgan fingerprint density at radius 2 is 1.93 bits per heavy atom. The lowest BCUT2D eigenvalue weighted by Crippen LogP contribution is -2.45. The van der Waals surface area contributed by atoms with Gasteiger partial charge in [-0.25, -0.2) is 4.79 Å². The van der Waals surface area contributed by atoms with Gasteiger partial charge >= 0.3 is 6.09 Å². The number of nitrogens with zero attached hydrogens (tertiary/aromatic N) is 2. The number of carbonyl (C=O) groups excluding carboxylic acids is 1. The molecule has 0 aliphatic carbocycles. The van der Waals surface area contributed by atoms with Crippen molar-refractivity contribution in [2.24, 2.45) is 10.9 Å². The highest BCUT2D eigenvalue weighted by atomic mass is 127. The molecule has 1 atom stereocenters. The molecule has 8 nitrogen and oxygen atoms in total. The molecule has 0 spiro atoms. The van der Waals surface area contributed by atoms with Gasteiger partial charge in [0.25, 0.3) is 0 Å². The minimum Gasteiger partial charge on any atom is -0.444 e. The Morgan fingerprint density at radius 3 is 2.52 bits per heavy atom. The van der Waals surface area contributed by atoms with Crippen molar-refractivity contribution >= 4 is 36.0 Å². The first-order valence-electron chi connectivity index (χ1n) is 10.5. The molecule has 2 heterocycles. The van der Waals surface area contributed by atoms with Crippen LogP contribution in [0, 0.1) is 5.92 Å². The zero-order valence-corrected chi connectivity index (χ0v) is 20.7. The number of guanidine groups is 1. The number of likely N-dealkylation sites (tertiary alicyclic amines) is 1. The lowest BCUT2D eigenvalue weighted by Gasteiger charge is -2.33. The molecule has 9 heteroatoms. The van der Waals surface area contributed by atoms with Crippen LogP contribution in [0.2, 0.25) is 0 Å². The highest BCUT2D eigenvalue weighted by Gasteiger charge is 2.26. The van der Waals surface area contributed by atoms with E-state index in [9.17, 15) is 4.79 Å². The van der Waals surface area contributed by atoms with Crippen LogP contribution in [0.4, 0.5) is 4.79 Å². The molecule has 29 heavy (non-hydrogen) atoms. The summed E-state index contributed by atoms with van der Waals surface area (Å²) in [5.74, 6) is 1.35. The summed E-state index contributed by atoms with van der Waals surface area (Å²) in [4.78, 5) is 18.2. The number of hydrogen-bond donors (Lipinski definition) is 2. The van der Waals surface area contributed by atoms with E-state index in [1.165, 1.54) is 0 Å². The molecule has 1 amide bonds. The number of aliphatic imine (C=N–C) groups is 1. The number of nitrogens with one attached hydrogen (secondary N) is 2. The van der Waals surface area contributed by atoms with Crippen LogP contribution in [0.5, 0.6) is 0 Å². The summed E-state index contributed by atoms with van der Waals surface area (Å²) in [6, 6.07) is 0. The molecule has 0 aromatic heterocycles. The van der Waals surface area contributed by atoms with Gasteiger partial charge in [-0.05, 0) is 52.4 Å². The van der Waals surface area contributed by atoms with Crippen LogP contribution in [-0.2, 0) is 14.2 Å². The van der Waals surface area contributed by atoms with Crippen LogP contribution in [0.1, 0.15) is 46.5 Å². The lowest BCUT2D eigenvalue weighted by atomic mass is 9.97. The van der Waals surface area contributed by atoms with Crippen LogP contribution in [0.15, 0.2) is 4.99 Å². The third kappa shape index (κ3) is 10.7. The average Bonchev–Trinajstić information content (AvgIpc) is 3.16. The van der Waals surface area contributed by atoms with Crippen molar-refractivity contribution in [3.8, 4) is 0 Å². The molecule has 1 unspecified atom stereocenters. The highest BCUT2D eigenvalue weighted by Crippen LogP contribution is 2.19. The summed E-state index contributed by atoms with van der Waals surface area (Å²) < 4.78 is 16.5. The quantitative estimate of drug-likeness (QED) is 0.230. The summed E-state index contributed by atoms with van der Waals surface area (Å²) in [6.07, 6.45) is 3.95. The van der Waals surface area contributed by atoms with E-state index < -0.39 is 5.60 Å². The Balaban J connectivity index is 0.00000420. The summed E-state index contributed by atoms with van der Waals surface area (Å²) in [5.41, 5.74) is -0.441. The number of piperidine rings is 1. The van der Waals surface area contributed by atoms with Gasteiger partial charge in [0, 0.05) is 46.4 Å². The second-order valence-electron chi connectivity index (χ2n) is 8.50. The Labute approximate surface area is 192 Å². The van der Waals surface area contributed by atoms with Gasteiger partial charge in [0.05, 0.1) is 12.7 Å². The molecule has 0 radical (unpaired) electrons. The SMILES string of the molecule is CN=C(NCCCOC1CCOC1)NCC1CCN(C(=O)OC(C)(C)C)CC1.I. The molecule has 0 aromatic carbocycles. The van der Waals surface area contributed by atoms with Crippen molar-refractivity contribution in [2.45, 2.75) is 58.2 Å². The molecule has 0 aromatic rings. The first-order valence-corrected chi connectivity index (χ1v) is 10.5. The van der Waals surface area contributed by atoms with E-state index in [1.54, 1.807) is 7.05 Å². The Hall–Kier alpha value is -0.810. The first-order chi connectivity index (χ1) is 13.4. The van der Waals surface area contributed by atoms with E-state index in [-0.39, 0.29) is 36.2 Å². The second kappa shape index (κ2) is 13.5. The van der Waals surface area contributed by atoms with E-state index in [1.807, 2.05) is 25.7 Å². The number of amides is 1. The molecule has 2 saturated heterocycles. The van der Waals surface area contributed by atoms with E-state index in [2.05, 4.69) is 15.6 Å². The Bertz CT molecular complexity index is 499. The molecule has 2 N–H and O–H groups in total. The van der Waals surface area contributed by atoms with Gasteiger partial charge < -0.3 is 29.7 Å². The summed E-state index contributed by atoms with van der Waals surface area (Å²) in [6.45, 7) is 11.1.